The maximum absolute atomic E-state index is 4.44. The number of hydrogen-bond acceptors (Lipinski definition) is 2. The molecule has 17 heavy (non-hydrogen) atoms. The molecule has 0 radical (unpaired) electrons. The summed E-state index contributed by atoms with van der Waals surface area (Å²) in [5.41, 5.74) is 2.79. The van der Waals surface area contributed by atoms with Gasteiger partial charge in [0.15, 0.2) is 0 Å². The van der Waals surface area contributed by atoms with E-state index in [0.29, 0.717) is 11.5 Å². The van der Waals surface area contributed by atoms with E-state index in [2.05, 4.69) is 51.1 Å². The molecule has 0 saturated heterocycles. The average molecular weight is 237 g/mol. The molecule has 0 amide bonds. The Morgan fingerprint density at radius 1 is 1.41 bits per heavy atom. The molecule has 1 aromatic rings. The van der Waals surface area contributed by atoms with Gasteiger partial charge in [-0.25, -0.2) is 0 Å². The van der Waals surface area contributed by atoms with E-state index in [1.54, 1.807) is 0 Å². The molecule has 0 fully saturated rings. The van der Waals surface area contributed by atoms with Gasteiger partial charge in [-0.2, -0.15) is 5.10 Å². The van der Waals surface area contributed by atoms with Crippen LogP contribution in [0, 0.1) is 12.3 Å². The molecule has 0 aliphatic rings. The van der Waals surface area contributed by atoms with Crippen molar-refractivity contribution in [2.24, 2.45) is 12.5 Å². The first kappa shape index (κ1) is 14.2. The van der Waals surface area contributed by atoms with Crippen LogP contribution in [0.3, 0.4) is 0 Å². The van der Waals surface area contributed by atoms with E-state index in [0.717, 1.165) is 18.7 Å². The lowest BCUT2D eigenvalue weighted by atomic mass is 9.88. The van der Waals surface area contributed by atoms with Gasteiger partial charge in [0.1, 0.15) is 0 Å². The maximum Gasteiger partial charge on any atom is 0.0597 e. The summed E-state index contributed by atoms with van der Waals surface area (Å²) in [7, 11) is 2.03. The molecular formula is C14H27N3. The standard InChI is InChI=1S/C14H27N3/c1-7-15-12(8-9-14(3,4)5)13-10-11(2)16-17(13)6/h10,12,15H,7-9H2,1-6H3. The van der Waals surface area contributed by atoms with Gasteiger partial charge in [-0.3, -0.25) is 4.68 Å². The first-order valence-corrected chi connectivity index (χ1v) is 6.57. The van der Waals surface area contributed by atoms with E-state index >= 15 is 0 Å². The first-order valence-electron chi connectivity index (χ1n) is 6.57. The summed E-state index contributed by atoms with van der Waals surface area (Å²) in [5, 5.41) is 8.00. The molecule has 1 atom stereocenters. The summed E-state index contributed by atoms with van der Waals surface area (Å²) in [6.45, 7) is 12.1. The molecule has 0 bridgehead atoms. The van der Waals surface area contributed by atoms with E-state index in [1.807, 2.05) is 11.7 Å². The van der Waals surface area contributed by atoms with E-state index in [-0.39, 0.29) is 0 Å². The first-order chi connectivity index (χ1) is 7.83. The topological polar surface area (TPSA) is 29.9 Å². The Kier molecular flexibility index (Phi) is 4.75. The van der Waals surface area contributed by atoms with Gasteiger partial charge in [0.05, 0.1) is 11.4 Å². The molecule has 0 spiro atoms. The smallest absolute Gasteiger partial charge is 0.0597 e. The quantitative estimate of drug-likeness (QED) is 0.852. The van der Waals surface area contributed by atoms with E-state index < -0.39 is 0 Å². The van der Waals surface area contributed by atoms with Crippen molar-refractivity contribution >= 4 is 0 Å². The van der Waals surface area contributed by atoms with E-state index in [4.69, 9.17) is 0 Å². The lowest BCUT2D eigenvalue weighted by Crippen LogP contribution is -2.24. The van der Waals surface area contributed by atoms with Crippen LogP contribution in [-0.4, -0.2) is 16.3 Å². The molecule has 0 aliphatic carbocycles. The van der Waals surface area contributed by atoms with Crippen molar-refractivity contribution in [3.05, 3.63) is 17.5 Å². The van der Waals surface area contributed by atoms with Crippen molar-refractivity contribution in [3.8, 4) is 0 Å². The van der Waals surface area contributed by atoms with Gasteiger partial charge >= 0.3 is 0 Å². The lowest BCUT2D eigenvalue weighted by Gasteiger charge is -2.23. The number of rotatable bonds is 5. The molecule has 3 heteroatoms. The summed E-state index contributed by atoms with van der Waals surface area (Å²) in [6, 6.07) is 2.61. The van der Waals surface area contributed by atoms with Crippen LogP contribution < -0.4 is 5.32 Å². The highest BCUT2D eigenvalue weighted by Gasteiger charge is 2.18. The highest BCUT2D eigenvalue weighted by atomic mass is 15.3. The highest BCUT2D eigenvalue weighted by Crippen LogP contribution is 2.27. The van der Waals surface area contributed by atoms with Gasteiger partial charge in [0, 0.05) is 13.1 Å². The molecule has 0 saturated carbocycles. The van der Waals surface area contributed by atoms with Gasteiger partial charge in [0.25, 0.3) is 0 Å². The summed E-state index contributed by atoms with van der Waals surface area (Å²) < 4.78 is 2.01. The van der Waals surface area contributed by atoms with Crippen LogP contribution in [0.5, 0.6) is 0 Å². The third-order valence-corrected chi connectivity index (χ3v) is 3.03. The summed E-state index contributed by atoms with van der Waals surface area (Å²) >= 11 is 0. The Balaban J connectivity index is 2.75. The molecule has 1 rings (SSSR count). The van der Waals surface area contributed by atoms with Gasteiger partial charge in [-0.1, -0.05) is 27.7 Å². The minimum absolute atomic E-state index is 0.390. The van der Waals surface area contributed by atoms with Crippen LogP contribution in [0.2, 0.25) is 0 Å². The second kappa shape index (κ2) is 5.67. The Hall–Kier alpha value is -0.830. The second-order valence-electron chi connectivity index (χ2n) is 6.04. The van der Waals surface area contributed by atoms with Crippen LogP contribution in [0.15, 0.2) is 6.07 Å². The van der Waals surface area contributed by atoms with Crippen LogP contribution in [0.4, 0.5) is 0 Å². The number of hydrogen-bond donors (Lipinski definition) is 1. The third-order valence-electron chi connectivity index (χ3n) is 3.03. The van der Waals surface area contributed by atoms with Gasteiger partial charge < -0.3 is 5.32 Å². The van der Waals surface area contributed by atoms with Crippen molar-refractivity contribution in [3.63, 3.8) is 0 Å². The molecule has 0 aromatic carbocycles. The van der Waals surface area contributed by atoms with E-state index in [1.165, 1.54) is 12.1 Å². The third kappa shape index (κ3) is 4.50. The fourth-order valence-electron chi connectivity index (χ4n) is 2.14. The monoisotopic (exact) mass is 237 g/mol. The molecule has 1 N–H and O–H groups in total. The summed E-state index contributed by atoms with van der Waals surface area (Å²) in [6.07, 6.45) is 2.38. The van der Waals surface area contributed by atoms with Crippen LogP contribution in [-0.2, 0) is 7.05 Å². The fraction of sp³-hybridized carbons (Fsp3) is 0.786. The molecule has 98 valence electrons. The fourth-order valence-corrected chi connectivity index (χ4v) is 2.14. The second-order valence-corrected chi connectivity index (χ2v) is 6.04. The largest absolute Gasteiger partial charge is 0.309 e. The Morgan fingerprint density at radius 3 is 2.47 bits per heavy atom. The van der Waals surface area contributed by atoms with Gasteiger partial charge in [0.2, 0.25) is 0 Å². The number of nitrogens with zero attached hydrogens (tertiary/aromatic N) is 2. The molecule has 1 heterocycles. The predicted octanol–water partition coefficient (Wildman–Crippen LogP) is 3.21. The molecule has 1 aromatic heterocycles. The molecule has 0 aliphatic heterocycles. The Labute approximate surface area is 106 Å². The average Bonchev–Trinajstić information content (AvgIpc) is 2.51. The zero-order valence-electron chi connectivity index (χ0n) is 12.2. The Bertz CT molecular complexity index is 347. The van der Waals surface area contributed by atoms with E-state index in [9.17, 15) is 0 Å². The number of aryl methyl sites for hydroxylation is 2. The highest BCUT2D eigenvalue weighted by molar-refractivity contribution is 5.13. The zero-order chi connectivity index (χ0) is 13.1. The van der Waals surface area contributed by atoms with Crippen molar-refractivity contribution < 1.29 is 0 Å². The van der Waals surface area contributed by atoms with Crippen LogP contribution in [0.1, 0.15) is 58.0 Å². The maximum atomic E-state index is 4.44. The predicted molar refractivity (Wildman–Crippen MR) is 73.1 cm³/mol. The zero-order valence-corrected chi connectivity index (χ0v) is 12.2. The minimum atomic E-state index is 0.390. The van der Waals surface area contributed by atoms with Crippen molar-refractivity contribution in [1.82, 2.24) is 15.1 Å². The SMILES string of the molecule is CCNC(CCC(C)(C)C)c1cc(C)nn1C. The normalized spacial score (nSPS) is 14.0. The van der Waals surface area contributed by atoms with Crippen LogP contribution >= 0.6 is 0 Å². The molecular weight excluding hydrogens is 210 g/mol. The lowest BCUT2D eigenvalue weighted by molar-refractivity contribution is 0.328. The number of aromatic nitrogens is 2. The number of nitrogens with one attached hydrogen (secondary N) is 1. The Morgan fingerprint density at radius 2 is 2.06 bits per heavy atom. The van der Waals surface area contributed by atoms with Gasteiger partial charge in [-0.05, 0) is 37.8 Å². The van der Waals surface area contributed by atoms with Crippen LogP contribution in [0.25, 0.3) is 0 Å². The minimum Gasteiger partial charge on any atom is -0.309 e. The van der Waals surface area contributed by atoms with Crippen molar-refractivity contribution in [2.75, 3.05) is 6.54 Å². The molecule has 1 unspecified atom stereocenters. The summed E-state index contributed by atoms with van der Waals surface area (Å²) in [4.78, 5) is 0. The molecule has 3 nitrogen and oxygen atoms in total. The van der Waals surface area contributed by atoms with Crippen molar-refractivity contribution in [1.29, 1.82) is 0 Å². The van der Waals surface area contributed by atoms with Gasteiger partial charge in [-0.15, -0.1) is 0 Å². The summed E-state index contributed by atoms with van der Waals surface area (Å²) in [5.74, 6) is 0. The van der Waals surface area contributed by atoms with Crippen molar-refractivity contribution in [2.45, 2.75) is 53.5 Å².